The Morgan fingerprint density at radius 1 is 1.57 bits per heavy atom. The molecule has 1 rings (SSSR count). The minimum absolute atomic E-state index is 0.0951. The molecule has 14 heavy (non-hydrogen) atoms. The summed E-state index contributed by atoms with van der Waals surface area (Å²) in [5.74, 6) is 0.385. The van der Waals surface area contributed by atoms with Gasteiger partial charge in [-0.25, -0.2) is 0 Å². The van der Waals surface area contributed by atoms with Crippen LogP contribution in [0.5, 0.6) is 11.5 Å². The molecule has 0 aliphatic heterocycles. The number of rotatable bonds is 4. The highest BCUT2D eigenvalue weighted by Crippen LogP contribution is 2.31. The molecule has 3 nitrogen and oxygen atoms in total. The number of benzene rings is 1. The van der Waals surface area contributed by atoms with Crippen molar-refractivity contribution in [3.8, 4) is 11.5 Å². The Morgan fingerprint density at radius 3 is 2.86 bits per heavy atom. The van der Waals surface area contributed by atoms with E-state index in [1.807, 2.05) is 0 Å². The van der Waals surface area contributed by atoms with Gasteiger partial charge in [0.2, 0.25) is 0 Å². The van der Waals surface area contributed by atoms with Gasteiger partial charge < -0.3 is 9.84 Å². The van der Waals surface area contributed by atoms with E-state index in [9.17, 15) is 9.90 Å². The average Bonchev–Trinajstić information content (AvgIpc) is 2.18. The smallest absolute Gasteiger partial charge is 0.153 e. The Labute approximate surface area is 90.1 Å². The van der Waals surface area contributed by atoms with Crippen molar-refractivity contribution in [2.45, 2.75) is 0 Å². The summed E-state index contributed by atoms with van der Waals surface area (Å²) in [5, 5.41) is 9.36. The lowest BCUT2D eigenvalue weighted by atomic mass is 10.2. The number of carbonyl (C=O) groups is 1. The number of carbonyl (C=O) groups excluding carboxylic acids is 1. The second kappa shape index (κ2) is 4.81. The van der Waals surface area contributed by atoms with E-state index in [1.165, 1.54) is 12.1 Å². The monoisotopic (exact) mass is 256 g/mol. The van der Waals surface area contributed by atoms with Gasteiger partial charge in [-0.2, -0.15) is 0 Å². The van der Waals surface area contributed by atoms with Gasteiger partial charge in [0.15, 0.2) is 6.29 Å². The van der Waals surface area contributed by atoms with Crippen LogP contribution >= 0.6 is 15.9 Å². The Hall–Kier alpha value is -1.29. The summed E-state index contributed by atoms with van der Waals surface area (Å²) in [4.78, 5) is 10.5. The number of hydrogen-bond acceptors (Lipinski definition) is 3. The van der Waals surface area contributed by atoms with Gasteiger partial charge >= 0.3 is 0 Å². The highest BCUT2D eigenvalue weighted by Gasteiger charge is 2.07. The Morgan fingerprint density at radius 2 is 2.29 bits per heavy atom. The first kappa shape index (κ1) is 10.8. The van der Waals surface area contributed by atoms with Crippen molar-refractivity contribution < 1.29 is 14.6 Å². The number of halogens is 1. The predicted octanol–water partition coefficient (Wildman–Crippen LogP) is 2.53. The molecular weight excluding hydrogens is 248 g/mol. The zero-order chi connectivity index (χ0) is 10.6. The van der Waals surface area contributed by atoms with Gasteiger partial charge in [0.05, 0.1) is 10.0 Å². The summed E-state index contributed by atoms with van der Waals surface area (Å²) in [6.07, 6.45) is 2.18. The molecule has 1 aromatic rings. The molecule has 0 radical (unpaired) electrons. The van der Waals surface area contributed by atoms with Crippen LogP contribution in [0.25, 0.3) is 0 Å². The largest absolute Gasteiger partial charge is 0.507 e. The third-order valence-electron chi connectivity index (χ3n) is 1.56. The topological polar surface area (TPSA) is 46.5 Å². The van der Waals surface area contributed by atoms with Crippen molar-refractivity contribution in [2.75, 3.05) is 6.61 Å². The number of ether oxygens (including phenoxy) is 1. The van der Waals surface area contributed by atoms with Crippen molar-refractivity contribution in [2.24, 2.45) is 0 Å². The Bertz CT molecular complexity index is 361. The maximum Gasteiger partial charge on any atom is 0.153 e. The van der Waals surface area contributed by atoms with E-state index in [0.717, 1.165) is 0 Å². The summed E-state index contributed by atoms with van der Waals surface area (Å²) in [6.45, 7) is 3.85. The minimum Gasteiger partial charge on any atom is -0.507 e. The standard InChI is InChI=1S/C10H9BrO3/c1-2-3-14-10-5-9(13)7(6-12)4-8(10)11/h2,4-6,13H,1,3H2. The van der Waals surface area contributed by atoms with E-state index in [1.54, 1.807) is 6.08 Å². The van der Waals surface area contributed by atoms with Gasteiger partial charge in [0.25, 0.3) is 0 Å². The lowest BCUT2D eigenvalue weighted by Crippen LogP contribution is -1.94. The third kappa shape index (κ3) is 2.35. The SMILES string of the molecule is C=CCOc1cc(O)c(C=O)cc1Br. The van der Waals surface area contributed by atoms with Crippen molar-refractivity contribution >= 4 is 22.2 Å². The molecule has 1 N–H and O–H groups in total. The quantitative estimate of drug-likeness (QED) is 0.666. The molecule has 0 saturated carbocycles. The van der Waals surface area contributed by atoms with E-state index in [4.69, 9.17) is 4.74 Å². The van der Waals surface area contributed by atoms with E-state index in [-0.39, 0.29) is 11.3 Å². The van der Waals surface area contributed by atoms with Crippen LogP contribution in [0, 0.1) is 0 Å². The summed E-state index contributed by atoms with van der Waals surface area (Å²) in [6, 6.07) is 2.89. The molecule has 0 unspecified atom stereocenters. The van der Waals surface area contributed by atoms with Crippen LogP contribution in [0.1, 0.15) is 10.4 Å². The maximum absolute atomic E-state index is 10.5. The lowest BCUT2D eigenvalue weighted by molar-refractivity contribution is 0.112. The van der Waals surface area contributed by atoms with Gasteiger partial charge in [-0.1, -0.05) is 12.7 Å². The first-order valence-electron chi connectivity index (χ1n) is 3.90. The third-order valence-corrected chi connectivity index (χ3v) is 2.18. The van der Waals surface area contributed by atoms with Crippen LogP contribution in [-0.4, -0.2) is 18.0 Å². The van der Waals surface area contributed by atoms with Crippen LogP contribution in [0.4, 0.5) is 0 Å². The van der Waals surface area contributed by atoms with E-state index >= 15 is 0 Å². The zero-order valence-corrected chi connectivity index (χ0v) is 8.95. The first-order chi connectivity index (χ1) is 6.69. The van der Waals surface area contributed by atoms with Gasteiger partial charge in [-0.3, -0.25) is 4.79 Å². The molecule has 74 valence electrons. The average molecular weight is 257 g/mol. The molecule has 0 saturated heterocycles. The van der Waals surface area contributed by atoms with E-state index in [0.29, 0.717) is 23.1 Å². The molecule has 0 aliphatic rings. The molecule has 0 atom stereocenters. The second-order valence-electron chi connectivity index (χ2n) is 2.56. The molecule has 0 spiro atoms. The second-order valence-corrected chi connectivity index (χ2v) is 3.41. The van der Waals surface area contributed by atoms with Gasteiger partial charge in [-0.15, -0.1) is 0 Å². The van der Waals surface area contributed by atoms with Gasteiger partial charge in [0.1, 0.15) is 18.1 Å². The maximum atomic E-state index is 10.5. The zero-order valence-electron chi connectivity index (χ0n) is 7.37. The predicted molar refractivity (Wildman–Crippen MR) is 56.9 cm³/mol. The summed E-state index contributed by atoms with van der Waals surface area (Å²) < 4.78 is 5.85. The number of aromatic hydroxyl groups is 1. The fourth-order valence-corrected chi connectivity index (χ4v) is 1.39. The van der Waals surface area contributed by atoms with E-state index < -0.39 is 0 Å². The molecule has 0 amide bonds. The molecule has 0 aliphatic carbocycles. The Balaban J connectivity index is 3.01. The summed E-state index contributed by atoms with van der Waals surface area (Å²) >= 11 is 3.22. The van der Waals surface area contributed by atoms with Crippen molar-refractivity contribution in [3.63, 3.8) is 0 Å². The molecule has 0 aromatic heterocycles. The highest BCUT2D eigenvalue weighted by atomic mass is 79.9. The molecular formula is C10H9BrO3. The number of aldehydes is 1. The minimum atomic E-state index is -0.0951. The molecule has 1 aromatic carbocycles. The summed E-state index contributed by atoms with van der Waals surface area (Å²) in [7, 11) is 0. The van der Waals surface area contributed by atoms with Gasteiger partial charge in [-0.05, 0) is 22.0 Å². The fraction of sp³-hybridized carbons (Fsp3) is 0.100. The number of hydrogen-bond donors (Lipinski definition) is 1. The Kier molecular flexibility index (Phi) is 3.71. The van der Waals surface area contributed by atoms with Crippen LogP contribution < -0.4 is 4.74 Å². The molecule has 4 heteroatoms. The molecule has 0 bridgehead atoms. The van der Waals surface area contributed by atoms with Crippen molar-refractivity contribution in [1.82, 2.24) is 0 Å². The van der Waals surface area contributed by atoms with Crippen molar-refractivity contribution in [1.29, 1.82) is 0 Å². The normalized spacial score (nSPS) is 9.50. The summed E-state index contributed by atoms with van der Waals surface area (Å²) in [5.41, 5.74) is 0.225. The first-order valence-corrected chi connectivity index (χ1v) is 4.69. The van der Waals surface area contributed by atoms with Crippen LogP contribution in [-0.2, 0) is 0 Å². The van der Waals surface area contributed by atoms with Crippen LogP contribution in [0.2, 0.25) is 0 Å². The molecule has 0 heterocycles. The fourth-order valence-electron chi connectivity index (χ4n) is 0.912. The highest BCUT2D eigenvalue weighted by molar-refractivity contribution is 9.10. The number of phenols is 1. The molecule has 0 fully saturated rings. The lowest BCUT2D eigenvalue weighted by Gasteiger charge is -2.07. The van der Waals surface area contributed by atoms with E-state index in [2.05, 4.69) is 22.5 Å². The van der Waals surface area contributed by atoms with Crippen molar-refractivity contribution in [3.05, 3.63) is 34.8 Å². The van der Waals surface area contributed by atoms with Crippen LogP contribution in [0.15, 0.2) is 29.3 Å². The van der Waals surface area contributed by atoms with Gasteiger partial charge in [0, 0.05) is 6.07 Å². The van der Waals surface area contributed by atoms with Crippen LogP contribution in [0.3, 0.4) is 0 Å². The number of phenolic OH excluding ortho intramolecular Hbond substituents is 1.